The topological polar surface area (TPSA) is 165 Å². The molecule has 77 heavy (non-hydrogen) atoms. The van der Waals surface area contributed by atoms with E-state index in [4.69, 9.17) is 14.5 Å². The van der Waals surface area contributed by atoms with Crippen molar-refractivity contribution in [1.82, 2.24) is 44.9 Å². The summed E-state index contributed by atoms with van der Waals surface area (Å²) in [4.78, 5) is 85.7. The minimum atomic E-state index is -1.05. The SMILES string of the molecule is C=CC(=O)N1CCC2(CCN(C(=O)N(C)[C@H](C(=O)N[C@H]3Cc4cccc(c4)-c4ccc5c(c4)c(c(-c4cc(N6CCN(C)CC6)cnc4[C@H](C)OC)n5CC)CC(C)(C)COC(=O)[C@@H]4CCCN(N4)C3=O)C(C)C)CC2)C1. The molecule has 17 heteroatoms. The van der Waals surface area contributed by atoms with E-state index >= 15 is 0 Å². The zero-order valence-corrected chi connectivity index (χ0v) is 47.0. The summed E-state index contributed by atoms with van der Waals surface area (Å²) < 4.78 is 14.7. The van der Waals surface area contributed by atoms with Gasteiger partial charge in [0.15, 0.2) is 0 Å². The summed E-state index contributed by atoms with van der Waals surface area (Å²) in [7, 11) is 5.55. The quantitative estimate of drug-likeness (QED) is 0.123. The Morgan fingerprint density at radius 1 is 0.961 bits per heavy atom. The van der Waals surface area contributed by atoms with Crippen LogP contribution in [-0.4, -0.2) is 169 Å². The molecule has 2 N–H and O–H groups in total. The minimum Gasteiger partial charge on any atom is -0.464 e. The molecule has 4 saturated heterocycles. The van der Waals surface area contributed by atoms with Crippen LogP contribution in [0, 0.1) is 16.7 Å². The van der Waals surface area contributed by atoms with E-state index in [1.807, 2.05) is 44.0 Å². The molecule has 5 aliphatic rings. The molecule has 414 valence electrons. The molecule has 2 aromatic carbocycles. The van der Waals surface area contributed by atoms with Gasteiger partial charge in [0.05, 0.1) is 36.0 Å². The van der Waals surface area contributed by atoms with Crippen molar-refractivity contribution in [2.45, 2.75) is 117 Å². The smallest absolute Gasteiger partial charge is 0.324 e. The number of likely N-dealkylation sites (N-methyl/N-ethyl adjacent to an activating group) is 2. The number of nitrogens with zero attached hydrogens (tertiary/aromatic N) is 8. The third-order valence-electron chi connectivity index (χ3n) is 17.2. The summed E-state index contributed by atoms with van der Waals surface area (Å²) in [6.45, 7) is 23.2. The molecular weight excluding hydrogens is 973 g/mol. The van der Waals surface area contributed by atoms with Crippen LogP contribution in [0.3, 0.4) is 0 Å². The number of rotatable bonds is 10. The lowest BCUT2D eigenvalue weighted by atomic mass is 9.78. The van der Waals surface area contributed by atoms with Crippen molar-refractivity contribution in [3.8, 4) is 22.4 Å². The Hall–Kier alpha value is -6.30. The van der Waals surface area contributed by atoms with Crippen LogP contribution in [-0.2, 0) is 48.0 Å². The van der Waals surface area contributed by atoms with E-state index < -0.39 is 35.4 Å². The second-order valence-corrected chi connectivity index (χ2v) is 23.6. The molecule has 2 aromatic heterocycles. The van der Waals surface area contributed by atoms with Crippen molar-refractivity contribution in [2.75, 3.05) is 91.6 Å². The van der Waals surface area contributed by atoms with E-state index in [2.05, 4.69) is 95.9 Å². The summed E-state index contributed by atoms with van der Waals surface area (Å²) in [5, 5.41) is 5.69. The second-order valence-electron chi connectivity index (χ2n) is 23.6. The van der Waals surface area contributed by atoms with Crippen LogP contribution in [0.5, 0.6) is 0 Å². The maximum atomic E-state index is 14.9. The Balaban J connectivity index is 1.06. The van der Waals surface area contributed by atoms with Gasteiger partial charge in [-0.1, -0.05) is 64.6 Å². The molecule has 9 rings (SSSR count). The van der Waals surface area contributed by atoms with Gasteiger partial charge < -0.3 is 43.9 Å². The molecule has 6 bridgehead atoms. The van der Waals surface area contributed by atoms with Gasteiger partial charge in [-0.3, -0.25) is 29.2 Å². The number of fused-ring (bicyclic) bond motifs is 6. The monoisotopic (exact) mass is 1050 g/mol. The first kappa shape index (κ1) is 55.5. The summed E-state index contributed by atoms with van der Waals surface area (Å²) in [5.74, 6) is -1.62. The van der Waals surface area contributed by atoms with E-state index in [1.165, 1.54) is 16.0 Å². The fourth-order valence-corrected chi connectivity index (χ4v) is 12.6. The molecule has 5 amide bonds. The van der Waals surface area contributed by atoms with Crippen LogP contribution in [0.25, 0.3) is 33.3 Å². The van der Waals surface area contributed by atoms with Crippen LogP contribution in [0.4, 0.5) is 10.5 Å². The molecule has 0 aliphatic carbocycles. The second kappa shape index (κ2) is 23.0. The van der Waals surface area contributed by atoms with Gasteiger partial charge in [0.1, 0.15) is 18.1 Å². The third-order valence-corrected chi connectivity index (χ3v) is 17.2. The van der Waals surface area contributed by atoms with Crippen molar-refractivity contribution in [3.05, 3.63) is 84.2 Å². The number of pyridine rings is 1. The Morgan fingerprint density at radius 2 is 1.68 bits per heavy atom. The van der Waals surface area contributed by atoms with Crippen LogP contribution in [0.1, 0.15) is 96.6 Å². The van der Waals surface area contributed by atoms with Crippen LogP contribution < -0.4 is 15.6 Å². The molecule has 1 spiro atoms. The maximum Gasteiger partial charge on any atom is 0.324 e. The number of piperazine rings is 1. The van der Waals surface area contributed by atoms with Gasteiger partial charge in [0.2, 0.25) is 11.8 Å². The first-order valence-electron chi connectivity index (χ1n) is 28.0. The van der Waals surface area contributed by atoms with Crippen molar-refractivity contribution >= 4 is 46.3 Å². The number of anilines is 1. The van der Waals surface area contributed by atoms with Crippen molar-refractivity contribution in [2.24, 2.45) is 16.7 Å². The molecule has 17 nitrogen and oxygen atoms in total. The maximum absolute atomic E-state index is 14.9. The number of cyclic esters (lactones) is 1. The average molecular weight is 1060 g/mol. The number of carbonyl (C=O) groups excluding carboxylic acids is 5. The molecule has 4 atom stereocenters. The summed E-state index contributed by atoms with van der Waals surface area (Å²) in [5.41, 5.74) is 11.7. The summed E-state index contributed by atoms with van der Waals surface area (Å²) in [6, 6.07) is 14.1. The number of benzene rings is 2. The number of ether oxygens (including phenoxy) is 2. The van der Waals surface area contributed by atoms with Crippen LogP contribution in [0.15, 0.2) is 67.4 Å². The average Bonchev–Trinajstić information content (AvgIpc) is 4.02. The number of amides is 5. The molecule has 7 heterocycles. The Morgan fingerprint density at radius 3 is 2.36 bits per heavy atom. The lowest BCUT2D eigenvalue weighted by Crippen LogP contribution is -2.62. The minimum absolute atomic E-state index is 0.0400. The molecule has 4 fully saturated rings. The van der Waals surface area contributed by atoms with Gasteiger partial charge in [-0.05, 0) is 117 Å². The number of hydrazine groups is 1. The zero-order chi connectivity index (χ0) is 54.9. The fraction of sp³-hybridized carbons (Fsp3) is 0.567. The van der Waals surface area contributed by atoms with Gasteiger partial charge in [-0.2, -0.15) is 0 Å². The van der Waals surface area contributed by atoms with Gasteiger partial charge >= 0.3 is 12.0 Å². The summed E-state index contributed by atoms with van der Waals surface area (Å²) in [6.07, 6.45) is 7.23. The standard InChI is InChI=1S/C60H82N10O7/c1-11-51(71)68-26-22-60(37-68)20-24-67(25-21-60)58(75)65(9)53(39(3)4)55(72)62-49-32-41-15-13-16-42(31-41)43-18-19-50-45(33-43)47(35-59(6,7)38-77-57(74)48-17-14-23-70(63-48)56(49)73)54(69(50)12-2)46-34-44(36-61-52(46)40(5)76-10)66-29-27-64(8)28-30-66/h11,13,15-16,18-19,31,33-34,36,39-40,48-49,53,63H,1,12,14,17,20-30,32,35,37-38H2,2-10H3,(H,62,72)/t40-,48-,49-,53-/m0/s1. The largest absolute Gasteiger partial charge is 0.464 e. The normalized spacial score (nSPS) is 21.9. The van der Waals surface area contributed by atoms with Crippen LogP contribution >= 0.6 is 0 Å². The predicted molar refractivity (Wildman–Crippen MR) is 300 cm³/mol. The highest BCUT2D eigenvalue weighted by Gasteiger charge is 2.44. The van der Waals surface area contributed by atoms with Gasteiger partial charge in [0, 0.05) is 108 Å². The van der Waals surface area contributed by atoms with Crippen molar-refractivity contribution in [3.63, 3.8) is 0 Å². The number of urea groups is 1. The first-order chi connectivity index (χ1) is 36.8. The molecule has 5 aliphatic heterocycles. The van der Waals surface area contributed by atoms with E-state index in [1.54, 1.807) is 19.1 Å². The number of aryl methyl sites for hydroxylation is 1. The van der Waals surface area contributed by atoms with Gasteiger partial charge in [0.25, 0.3) is 5.91 Å². The third kappa shape index (κ3) is 11.6. The Kier molecular flexibility index (Phi) is 16.5. The number of methoxy groups -OCH3 is 1. The molecule has 0 unspecified atom stereocenters. The highest BCUT2D eigenvalue weighted by Crippen LogP contribution is 2.44. The van der Waals surface area contributed by atoms with Crippen molar-refractivity contribution in [1.29, 1.82) is 0 Å². The van der Waals surface area contributed by atoms with E-state index in [0.29, 0.717) is 58.5 Å². The molecule has 0 saturated carbocycles. The van der Waals surface area contributed by atoms with Gasteiger partial charge in [-0.25, -0.2) is 10.2 Å². The number of aromatic nitrogens is 2. The molecular formula is C60H82N10O7. The lowest BCUT2D eigenvalue weighted by molar-refractivity contribution is -0.155. The number of nitrogens with one attached hydrogen (secondary N) is 2. The number of hydrogen-bond acceptors (Lipinski definition) is 11. The van der Waals surface area contributed by atoms with E-state index in [-0.39, 0.29) is 48.3 Å². The fourth-order valence-electron chi connectivity index (χ4n) is 12.6. The number of hydrogen-bond donors (Lipinski definition) is 2. The molecule has 0 radical (unpaired) electrons. The number of piperidine rings is 1. The summed E-state index contributed by atoms with van der Waals surface area (Å²) >= 11 is 0. The lowest BCUT2D eigenvalue weighted by Gasteiger charge is -2.42. The van der Waals surface area contributed by atoms with E-state index in [0.717, 1.165) is 101 Å². The van der Waals surface area contributed by atoms with Gasteiger partial charge in [-0.15, -0.1) is 0 Å². The van der Waals surface area contributed by atoms with Crippen LogP contribution in [0.2, 0.25) is 0 Å². The first-order valence-corrected chi connectivity index (χ1v) is 28.0. The van der Waals surface area contributed by atoms with E-state index in [9.17, 15) is 24.0 Å². The highest BCUT2D eigenvalue weighted by atomic mass is 16.5. The highest BCUT2D eigenvalue weighted by molar-refractivity contribution is 5.96. The van der Waals surface area contributed by atoms with Crippen molar-refractivity contribution < 1.29 is 33.4 Å². The zero-order valence-electron chi connectivity index (χ0n) is 47.0. The number of carbonyl (C=O) groups is 5. The Bertz CT molecular complexity index is 2860. The predicted octanol–water partition coefficient (Wildman–Crippen LogP) is 7.07. The Labute approximate surface area is 455 Å². The number of likely N-dealkylation sites (tertiary alicyclic amines) is 2. The molecule has 4 aromatic rings. The number of esters is 1.